The smallest absolute Gasteiger partial charge is 0.129 e. The van der Waals surface area contributed by atoms with Crippen molar-refractivity contribution >= 4 is 11.6 Å². The van der Waals surface area contributed by atoms with Crippen molar-refractivity contribution in [1.82, 2.24) is 15.1 Å². The molecule has 2 aromatic rings. The largest absolute Gasteiger partial charge is 0.310 e. The normalized spacial score (nSPS) is 14.8. The average molecular weight is 294 g/mol. The Balaban J connectivity index is 1.73. The fourth-order valence-corrected chi connectivity index (χ4v) is 2.33. The molecule has 1 aliphatic carbocycles. The van der Waals surface area contributed by atoms with Crippen LogP contribution in [-0.2, 0) is 13.1 Å². The number of aromatic nitrogens is 2. The summed E-state index contributed by atoms with van der Waals surface area (Å²) in [7, 11) is 0. The zero-order valence-electron chi connectivity index (χ0n) is 11.4. The Labute approximate surface area is 122 Å². The van der Waals surface area contributed by atoms with Crippen molar-refractivity contribution in [3.63, 3.8) is 0 Å². The first kappa shape index (κ1) is 13.6. The van der Waals surface area contributed by atoms with Crippen LogP contribution in [0, 0.1) is 12.7 Å². The molecule has 0 amide bonds. The molecule has 1 heterocycles. The zero-order chi connectivity index (χ0) is 14.1. The zero-order valence-corrected chi connectivity index (χ0v) is 12.1. The summed E-state index contributed by atoms with van der Waals surface area (Å²) in [6.45, 7) is 3.28. The Morgan fingerprint density at radius 1 is 1.40 bits per heavy atom. The summed E-state index contributed by atoms with van der Waals surface area (Å²) in [6, 6.07) is 5.42. The minimum Gasteiger partial charge on any atom is -0.310 e. The predicted molar refractivity (Wildman–Crippen MR) is 77.3 cm³/mol. The standard InChI is InChI=1S/C15H17ClFN3/c1-10-12(7-18-14-4-5-14)8-19-20(10)9-11-2-3-13(16)6-15(11)17/h2-3,6,8,14,18H,4-5,7,9H2,1H3. The van der Waals surface area contributed by atoms with Crippen molar-refractivity contribution < 1.29 is 4.39 Å². The number of rotatable bonds is 5. The molecule has 1 aromatic heterocycles. The molecule has 1 saturated carbocycles. The minimum absolute atomic E-state index is 0.287. The number of nitrogens with one attached hydrogen (secondary N) is 1. The van der Waals surface area contributed by atoms with Crippen LogP contribution in [0.1, 0.15) is 29.7 Å². The highest BCUT2D eigenvalue weighted by Gasteiger charge is 2.20. The molecule has 3 rings (SSSR count). The highest BCUT2D eigenvalue weighted by molar-refractivity contribution is 6.30. The molecule has 1 aromatic carbocycles. The van der Waals surface area contributed by atoms with Gasteiger partial charge < -0.3 is 5.32 Å². The molecule has 20 heavy (non-hydrogen) atoms. The van der Waals surface area contributed by atoms with Gasteiger partial charge in [-0.15, -0.1) is 0 Å². The number of benzene rings is 1. The van der Waals surface area contributed by atoms with E-state index >= 15 is 0 Å². The van der Waals surface area contributed by atoms with E-state index in [0.29, 0.717) is 23.2 Å². The van der Waals surface area contributed by atoms with Crippen molar-refractivity contribution in [2.75, 3.05) is 0 Å². The van der Waals surface area contributed by atoms with E-state index in [0.717, 1.165) is 12.2 Å². The van der Waals surface area contributed by atoms with Crippen LogP contribution in [0.3, 0.4) is 0 Å². The summed E-state index contributed by atoms with van der Waals surface area (Å²) in [4.78, 5) is 0. The second kappa shape index (κ2) is 5.54. The summed E-state index contributed by atoms with van der Waals surface area (Å²) in [5.74, 6) is -0.287. The van der Waals surface area contributed by atoms with Gasteiger partial charge in [0.15, 0.2) is 0 Å². The van der Waals surface area contributed by atoms with Gasteiger partial charge in [-0.3, -0.25) is 4.68 Å². The van der Waals surface area contributed by atoms with E-state index in [4.69, 9.17) is 11.6 Å². The highest BCUT2D eigenvalue weighted by atomic mass is 35.5. The van der Waals surface area contributed by atoms with E-state index in [-0.39, 0.29) is 5.82 Å². The molecular weight excluding hydrogens is 277 g/mol. The highest BCUT2D eigenvalue weighted by Crippen LogP contribution is 2.20. The molecule has 0 bridgehead atoms. The van der Waals surface area contributed by atoms with Gasteiger partial charge in [0, 0.05) is 34.4 Å². The van der Waals surface area contributed by atoms with Gasteiger partial charge in [-0.2, -0.15) is 5.10 Å². The van der Waals surface area contributed by atoms with E-state index < -0.39 is 0 Å². The van der Waals surface area contributed by atoms with E-state index in [1.807, 2.05) is 17.8 Å². The topological polar surface area (TPSA) is 29.9 Å². The molecule has 0 aliphatic heterocycles. The quantitative estimate of drug-likeness (QED) is 0.917. The Hall–Kier alpha value is -1.39. The van der Waals surface area contributed by atoms with Gasteiger partial charge in [-0.25, -0.2) is 4.39 Å². The van der Waals surface area contributed by atoms with Crippen molar-refractivity contribution in [2.45, 2.75) is 38.9 Å². The minimum atomic E-state index is -0.287. The van der Waals surface area contributed by atoms with Crippen molar-refractivity contribution in [3.05, 3.63) is 52.1 Å². The van der Waals surface area contributed by atoms with Crippen LogP contribution in [0.5, 0.6) is 0 Å². The molecule has 0 atom stereocenters. The molecule has 3 nitrogen and oxygen atoms in total. The molecule has 5 heteroatoms. The van der Waals surface area contributed by atoms with Gasteiger partial charge in [0.05, 0.1) is 12.7 Å². The van der Waals surface area contributed by atoms with E-state index in [9.17, 15) is 4.39 Å². The van der Waals surface area contributed by atoms with Gasteiger partial charge in [-0.05, 0) is 31.9 Å². The van der Waals surface area contributed by atoms with E-state index in [1.165, 1.54) is 24.5 Å². The predicted octanol–water partition coefficient (Wildman–Crippen LogP) is 3.28. The molecule has 1 N–H and O–H groups in total. The van der Waals surface area contributed by atoms with Gasteiger partial charge in [0.1, 0.15) is 5.82 Å². The van der Waals surface area contributed by atoms with Crippen molar-refractivity contribution in [2.24, 2.45) is 0 Å². The second-order valence-corrected chi connectivity index (χ2v) is 5.74. The van der Waals surface area contributed by atoms with Crippen LogP contribution in [0.15, 0.2) is 24.4 Å². The van der Waals surface area contributed by atoms with Crippen LogP contribution in [0.2, 0.25) is 5.02 Å². The van der Waals surface area contributed by atoms with Crippen LogP contribution in [0.4, 0.5) is 4.39 Å². The first-order chi connectivity index (χ1) is 9.63. The summed E-state index contributed by atoms with van der Waals surface area (Å²) >= 11 is 5.76. The first-order valence-electron chi connectivity index (χ1n) is 6.82. The molecule has 1 fully saturated rings. The van der Waals surface area contributed by atoms with Gasteiger partial charge in [-0.1, -0.05) is 17.7 Å². The Morgan fingerprint density at radius 2 is 2.20 bits per heavy atom. The maximum Gasteiger partial charge on any atom is 0.129 e. The Bertz CT molecular complexity index is 620. The molecule has 106 valence electrons. The SMILES string of the molecule is Cc1c(CNC2CC2)cnn1Cc1ccc(Cl)cc1F. The number of halogens is 2. The summed E-state index contributed by atoms with van der Waals surface area (Å²) in [5.41, 5.74) is 2.85. The molecule has 0 radical (unpaired) electrons. The van der Waals surface area contributed by atoms with Gasteiger partial charge in [0.2, 0.25) is 0 Å². The van der Waals surface area contributed by atoms with Crippen molar-refractivity contribution in [3.8, 4) is 0 Å². The summed E-state index contributed by atoms with van der Waals surface area (Å²) < 4.78 is 15.6. The molecule has 1 aliphatic rings. The fourth-order valence-electron chi connectivity index (χ4n) is 2.17. The lowest BCUT2D eigenvalue weighted by Gasteiger charge is -2.07. The average Bonchev–Trinajstić information content (AvgIpc) is 3.17. The fraction of sp³-hybridized carbons (Fsp3) is 0.400. The second-order valence-electron chi connectivity index (χ2n) is 5.30. The molecule has 0 saturated heterocycles. The Kier molecular flexibility index (Phi) is 3.76. The monoisotopic (exact) mass is 293 g/mol. The maximum atomic E-state index is 13.8. The lowest BCUT2D eigenvalue weighted by atomic mass is 10.2. The van der Waals surface area contributed by atoms with E-state index in [2.05, 4.69) is 10.4 Å². The Morgan fingerprint density at radius 3 is 2.90 bits per heavy atom. The third-order valence-corrected chi connectivity index (χ3v) is 3.93. The first-order valence-corrected chi connectivity index (χ1v) is 7.20. The third-order valence-electron chi connectivity index (χ3n) is 3.70. The molecule has 0 spiro atoms. The third kappa shape index (κ3) is 3.02. The maximum absolute atomic E-state index is 13.8. The van der Waals surface area contributed by atoms with Crippen LogP contribution < -0.4 is 5.32 Å². The number of hydrogen-bond acceptors (Lipinski definition) is 2. The van der Waals surface area contributed by atoms with Crippen LogP contribution >= 0.6 is 11.6 Å². The summed E-state index contributed by atoms with van der Waals surface area (Å²) in [6.07, 6.45) is 4.39. The van der Waals surface area contributed by atoms with Gasteiger partial charge in [0.25, 0.3) is 0 Å². The van der Waals surface area contributed by atoms with E-state index in [1.54, 1.807) is 12.1 Å². The number of hydrogen-bond donors (Lipinski definition) is 1. The molecule has 0 unspecified atom stereocenters. The molecular formula is C15H17ClFN3. The van der Waals surface area contributed by atoms with Crippen LogP contribution in [0.25, 0.3) is 0 Å². The lowest BCUT2D eigenvalue weighted by Crippen LogP contribution is -2.16. The van der Waals surface area contributed by atoms with Gasteiger partial charge >= 0.3 is 0 Å². The summed E-state index contributed by atoms with van der Waals surface area (Å²) in [5, 5.41) is 8.23. The lowest BCUT2D eigenvalue weighted by molar-refractivity contribution is 0.579. The van der Waals surface area contributed by atoms with Crippen molar-refractivity contribution in [1.29, 1.82) is 0 Å². The number of nitrogens with zero attached hydrogens (tertiary/aromatic N) is 2. The van der Waals surface area contributed by atoms with Crippen LogP contribution in [-0.4, -0.2) is 15.8 Å².